The van der Waals surface area contributed by atoms with E-state index < -0.39 is 17.9 Å². The molecule has 0 aromatic heterocycles. The highest BCUT2D eigenvalue weighted by Gasteiger charge is 2.19. The molecule has 0 saturated carbocycles. The highest BCUT2D eigenvalue weighted by molar-refractivity contribution is 5.73. The summed E-state index contributed by atoms with van der Waals surface area (Å²) in [7, 11) is 0. The van der Waals surface area contributed by atoms with Crippen LogP contribution in [0.3, 0.4) is 0 Å². The van der Waals surface area contributed by atoms with Gasteiger partial charge in [-0.3, -0.25) is 14.4 Å². The predicted molar refractivity (Wildman–Crippen MR) is 138 cm³/mol. The van der Waals surface area contributed by atoms with E-state index in [4.69, 9.17) is 14.2 Å². The van der Waals surface area contributed by atoms with Gasteiger partial charge in [-0.05, 0) is 61.1 Å². The van der Waals surface area contributed by atoms with Crippen LogP contribution in [0.15, 0.2) is 42.5 Å². The van der Waals surface area contributed by atoms with Crippen molar-refractivity contribution in [1.29, 1.82) is 0 Å². The Labute approximate surface area is 212 Å². The summed E-state index contributed by atoms with van der Waals surface area (Å²) < 4.78 is 16.8. The molecule has 0 aliphatic heterocycles. The number of para-hydroxylation sites is 1. The van der Waals surface area contributed by atoms with E-state index in [1.165, 1.54) is 20.8 Å². The monoisotopic (exact) mass is 488 g/mol. The van der Waals surface area contributed by atoms with Crippen LogP contribution in [0.4, 0.5) is 0 Å². The van der Waals surface area contributed by atoms with Crippen LogP contribution in [-0.4, -0.2) is 17.9 Å². The average Bonchev–Trinajstić information content (AvgIpc) is 2.74. The summed E-state index contributed by atoms with van der Waals surface area (Å²) >= 11 is 0. The van der Waals surface area contributed by atoms with Crippen LogP contribution in [-0.2, 0) is 27.2 Å². The Balaban J connectivity index is 2.12. The van der Waals surface area contributed by atoms with Gasteiger partial charge in [0.2, 0.25) is 0 Å². The minimum Gasteiger partial charge on any atom is -0.426 e. The number of hydrogen-bond donors (Lipinski definition) is 0. The normalized spacial score (nSPS) is 10.6. The first-order chi connectivity index (χ1) is 16.9. The molecule has 0 amide bonds. The molecule has 0 spiro atoms. The summed E-state index contributed by atoms with van der Waals surface area (Å²) in [4.78, 5) is 35.6. The maximum atomic E-state index is 12.1. The Hall–Kier alpha value is -3.93. The fraction of sp³-hybridized carbons (Fsp3) is 0.300. The van der Waals surface area contributed by atoms with Crippen LogP contribution in [0.25, 0.3) is 0 Å². The van der Waals surface area contributed by atoms with Crippen molar-refractivity contribution in [3.05, 3.63) is 87.0 Å². The molecular weight excluding hydrogens is 456 g/mol. The fourth-order valence-corrected chi connectivity index (χ4v) is 4.53. The number of hydrogen-bond acceptors (Lipinski definition) is 6. The van der Waals surface area contributed by atoms with E-state index in [1.54, 1.807) is 0 Å². The van der Waals surface area contributed by atoms with E-state index in [1.807, 2.05) is 70.2 Å². The van der Waals surface area contributed by atoms with Crippen molar-refractivity contribution < 1.29 is 28.6 Å². The quantitative estimate of drug-likeness (QED) is 0.305. The summed E-state index contributed by atoms with van der Waals surface area (Å²) in [6, 6.07) is 13.6. The van der Waals surface area contributed by atoms with Gasteiger partial charge in [-0.2, -0.15) is 0 Å². The molecule has 0 saturated heterocycles. The number of ether oxygens (including phenoxy) is 3. The molecule has 3 aromatic rings. The molecule has 36 heavy (non-hydrogen) atoms. The highest BCUT2D eigenvalue weighted by atomic mass is 16.5. The van der Waals surface area contributed by atoms with Gasteiger partial charge < -0.3 is 14.2 Å². The second-order valence-corrected chi connectivity index (χ2v) is 9.18. The summed E-state index contributed by atoms with van der Waals surface area (Å²) in [6.45, 7) is 11.9. The number of esters is 3. The lowest BCUT2D eigenvalue weighted by Crippen LogP contribution is -2.10. The van der Waals surface area contributed by atoms with Crippen LogP contribution in [0.1, 0.15) is 65.3 Å². The number of carbonyl (C=O) groups is 3. The molecule has 6 nitrogen and oxygen atoms in total. The molecule has 0 radical (unpaired) electrons. The second-order valence-electron chi connectivity index (χ2n) is 9.18. The third kappa shape index (κ3) is 6.60. The van der Waals surface area contributed by atoms with Crippen molar-refractivity contribution in [2.24, 2.45) is 0 Å². The van der Waals surface area contributed by atoms with Gasteiger partial charge in [0.25, 0.3) is 0 Å². The Morgan fingerprint density at radius 3 is 1.28 bits per heavy atom. The van der Waals surface area contributed by atoms with Crippen LogP contribution >= 0.6 is 0 Å². The molecule has 0 fully saturated rings. The van der Waals surface area contributed by atoms with Crippen LogP contribution in [0.2, 0.25) is 0 Å². The molecule has 188 valence electrons. The van der Waals surface area contributed by atoms with Gasteiger partial charge in [-0.15, -0.1) is 0 Å². The third-order valence-electron chi connectivity index (χ3n) is 5.67. The van der Waals surface area contributed by atoms with E-state index in [-0.39, 0.29) is 0 Å². The Morgan fingerprint density at radius 2 is 0.917 bits per heavy atom. The molecule has 0 bridgehead atoms. The molecule has 3 rings (SSSR count). The molecule has 0 heterocycles. The zero-order valence-corrected chi connectivity index (χ0v) is 21.9. The molecule has 0 unspecified atom stereocenters. The van der Waals surface area contributed by atoms with Gasteiger partial charge in [-0.25, -0.2) is 0 Å². The zero-order chi connectivity index (χ0) is 26.6. The van der Waals surface area contributed by atoms with Crippen LogP contribution in [0.5, 0.6) is 17.2 Å². The van der Waals surface area contributed by atoms with Crippen LogP contribution in [0, 0.1) is 27.7 Å². The lowest BCUT2D eigenvalue weighted by molar-refractivity contribution is -0.132. The van der Waals surface area contributed by atoms with Gasteiger partial charge in [0.1, 0.15) is 17.2 Å². The molecule has 0 aliphatic rings. The predicted octanol–water partition coefficient (Wildman–Crippen LogP) is 5.88. The third-order valence-corrected chi connectivity index (χ3v) is 5.67. The Bertz CT molecular complexity index is 1240. The minimum atomic E-state index is -0.440. The largest absolute Gasteiger partial charge is 0.426 e. The Morgan fingerprint density at radius 1 is 0.556 bits per heavy atom. The van der Waals surface area contributed by atoms with Crippen LogP contribution < -0.4 is 14.2 Å². The lowest BCUT2D eigenvalue weighted by atomic mass is 9.94. The van der Waals surface area contributed by atoms with Crippen molar-refractivity contribution in [3.8, 4) is 17.2 Å². The van der Waals surface area contributed by atoms with Gasteiger partial charge in [0.05, 0.1) is 0 Å². The summed E-state index contributed by atoms with van der Waals surface area (Å²) in [6.07, 6.45) is 0.788. The second kappa shape index (κ2) is 11.2. The molecule has 0 atom stereocenters. The first-order valence-electron chi connectivity index (χ1n) is 11.8. The summed E-state index contributed by atoms with van der Waals surface area (Å²) in [5.41, 5.74) is 6.97. The first kappa shape index (κ1) is 26.7. The van der Waals surface area contributed by atoms with Crippen molar-refractivity contribution in [3.63, 3.8) is 0 Å². The Kier molecular flexibility index (Phi) is 8.30. The maximum Gasteiger partial charge on any atom is 0.308 e. The van der Waals surface area contributed by atoms with E-state index in [0.29, 0.717) is 30.1 Å². The average molecular weight is 489 g/mol. The van der Waals surface area contributed by atoms with Crippen molar-refractivity contribution in [2.45, 2.75) is 61.3 Å². The van der Waals surface area contributed by atoms with Gasteiger partial charge >= 0.3 is 17.9 Å². The smallest absolute Gasteiger partial charge is 0.308 e. The summed E-state index contributed by atoms with van der Waals surface area (Å²) in [5, 5.41) is 0. The number of benzene rings is 3. The number of aryl methyl sites for hydroxylation is 4. The highest BCUT2D eigenvalue weighted by Crippen LogP contribution is 2.35. The molecular formula is C30H32O6. The lowest BCUT2D eigenvalue weighted by Gasteiger charge is -2.18. The first-order valence-corrected chi connectivity index (χ1v) is 11.8. The van der Waals surface area contributed by atoms with Crippen molar-refractivity contribution in [1.82, 2.24) is 0 Å². The molecule has 0 N–H and O–H groups in total. The standard InChI is InChI=1S/C30H32O6/c1-17-11-19(3)28(34-21(5)31)26(13-17)15-24-9-8-10-25(30(24)36-23(7)33)16-27-14-18(2)12-20(4)29(27)35-22(6)32/h8-14H,15-16H2,1-7H3. The zero-order valence-electron chi connectivity index (χ0n) is 21.9. The minimum absolute atomic E-state index is 0.394. The van der Waals surface area contributed by atoms with Gasteiger partial charge in [0, 0.05) is 33.6 Å². The van der Waals surface area contributed by atoms with E-state index in [9.17, 15) is 14.4 Å². The SMILES string of the molecule is CC(=O)Oc1c(C)cc(C)cc1Cc1cccc(Cc2cc(C)cc(C)c2OC(C)=O)c1OC(C)=O. The van der Waals surface area contributed by atoms with E-state index >= 15 is 0 Å². The molecule has 0 aliphatic carbocycles. The number of carbonyl (C=O) groups excluding carboxylic acids is 3. The molecule has 3 aromatic carbocycles. The van der Waals surface area contributed by atoms with E-state index in [2.05, 4.69) is 0 Å². The van der Waals surface area contributed by atoms with Crippen molar-refractivity contribution in [2.75, 3.05) is 0 Å². The summed E-state index contributed by atoms with van der Waals surface area (Å²) in [5.74, 6) is 0.239. The van der Waals surface area contributed by atoms with E-state index in [0.717, 1.165) is 44.5 Å². The molecule has 6 heteroatoms. The van der Waals surface area contributed by atoms with Crippen molar-refractivity contribution >= 4 is 17.9 Å². The maximum absolute atomic E-state index is 12.1. The topological polar surface area (TPSA) is 78.9 Å². The van der Waals surface area contributed by atoms with Gasteiger partial charge in [0.15, 0.2) is 0 Å². The van der Waals surface area contributed by atoms with Gasteiger partial charge in [-0.1, -0.05) is 53.6 Å². The number of rotatable bonds is 7. The fourth-order valence-electron chi connectivity index (χ4n) is 4.53.